The maximum absolute atomic E-state index is 11.6. The zero-order chi connectivity index (χ0) is 18.9. The van der Waals surface area contributed by atoms with E-state index in [1.807, 2.05) is 43.3 Å². The molecule has 2 aromatic rings. The third kappa shape index (κ3) is 5.49. The summed E-state index contributed by atoms with van der Waals surface area (Å²) in [4.78, 5) is 11.6. The fourth-order valence-corrected chi connectivity index (χ4v) is 2.68. The smallest absolute Gasteiger partial charge is 0.346 e. The van der Waals surface area contributed by atoms with Crippen LogP contribution in [0.25, 0.3) is 0 Å². The van der Waals surface area contributed by atoms with Gasteiger partial charge >= 0.3 is 5.97 Å². The molecule has 0 heterocycles. The number of carbonyl (C=O) groups excluding carboxylic acids is 1. The Morgan fingerprint density at radius 3 is 2.69 bits per heavy atom. The number of ether oxygens (including phenoxy) is 3. The van der Waals surface area contributed by atoms with E-state index in [0.717, 1.165) is 11.3 Å². The van der Waals surface area contributed by atoms with E-state index >= 15 is 0 Å². The van der Waals surface area contributed by atoms with Gasteiger partial charge in [-0.15, -0.1) is 0 Å². The fourth-order valence-electron chi connectivity index (χ4n) is 2.12. The molecule has 2 aromatic carbocycles. The molecule has 0 aliphatic heterocycles. The number of benzene rings is 2. The molecule has 0 amide bonds. The molecule has 1 unspecified atom stereocenters. The lowest BCUT2D eigenvalue weighted by atomic mass is 10.2. The quantitative estimate of drug-likeness (QED) is 0.393. The van der Waals surface area contributed by atoms with Gasteiger partial charge in [0.25, 0.3) is 0 Å². The number of nitrogens with zero attached hydrogens (tertiary/aromatic N) is 1. The third-order valence-electron chi connectivity index (χ3n) is 3.34. The predicted octanol–water partition coefficient (Wildman–Crippen LogP) is 4.23. The molecule has 138 valence electrons. The van der Waals surface area contributed by atoms with Gasteiger partial charge in [0.05, 0.1) is 30.1 Å². The lowest BCUT2D eigenvalue weighted by Gasteiger charge is -2.17. The Morgan fingerprint density at radius 1 is 1.31 bits per heavy atom. The molecule has 2 rings (SSSR count). The van der Waals surface area contributed by atoms with Crippen LogP contribution < -0.4 is 14.9 Å². The zero-order valence-corrected chi connectivity index (χ0v) is 16.4. The molecule has 0 aromatic heterocycles. The Hall–Kier alpha value is -2.54. The number of hydrazone groups is 1. The van der Waals surface area contributed by atoms with E-state index in [1.54, 1.807) is 19.2 Å². The Labute approximate surface area is 161 Å². The third-order valence-corrected chi connectivity index (χ3v) is 3.93. The minimum atomic E-state index is -0.755. The number of hydrogen-bond acceptors (Lipinski definition) is 6. The van der Waals surface area contributed by atoms with Gasteiger partial charge in [-0.05, 0) is 59.6 Å². The normalized spacial score (nSPS) is 11.8. The average Bonchev–Trinajstić information content (AvgIpc) is 2.64. The molecule has 0 bridgehead atoms. The molecule has 0 radical (unpaired) electrons. The SMILES string of the molecule is CCOc1cc(C=NNc2ccccc2)cc(Br)c1OC(C)C(=O)OC. The molecule has 0 saturated carbocycles. The van der Waals surface area contributed by atoms with Crippen LogP contribution in [0.2, 0.25) is 0 Å². The van der Waals surface area contributed by atoms with Crippen LogP contribution in [0, 0.1) is 0 Å². The van der Waals surface area contributed by atoms with Crippen LogP contribution in [0.4, 0.5) is 5.69 Å². The van der Waals surface area contributed by atoms with Crippen molar-refractivity contribution >= 4 is 33.8 Å². The van der Waals surface area contributed by atoms with Gasteiger partial charge in [-0.25, -0.2) is 4.79 Å². The van der Waals surface area contributed by atoms with Crippen molar-refractivity contribution in [2.45, 2.75) is 20.0 Å². The molecule has 26 heavy (non-hydrogen) atoms. The topological polar surface area (TPSA) is 69.1 Å². The lowest BCUT2D eigenvalue weighted by molar-refractivity contribution is -0.147. The van der Waals surface area contributed by atoms with E-state index in [9.17, 15) is 4.79 Å². The van der Waals surface area contributed by atoms with Gasteiger partial charge < -0.3 is 14.2 Å². The van der Waals surface area contributed by atoms with Crippen LogP contribution >= 0.6 is 15.9 Å². The molecular formula is C19H21BrN2O4. The highest BCUT2D eigenvalue weighted by atomic mass is 79.9. The second-order valence-electron chi connectivity index (χ2n) is 5.28. The maximum atomic E-state index is 11.6. The first-order valence-corrected chi connectivity index (χ1v) is 8.89. The Kier molecular flexibility index (Phi) is 7.47. The van der Waals surface area contributed by atoms with Crippen molar-refractivity contribution < 1.29 is 19.0 Å². The van der Waals surface area contributed by atoms with Crippen LogP contribution in [-0.2, 0) is 9.53 Å². The maximum Gasteiger partial charge on any atom is 0.346 e. The Bertz CT molecular complexity index is 766. The fraction of sp³-hybridized carbons (Fsp3) is 0.263. The molecular weight excluding hydrogens is 400 g/mol. The molecule has 0 saturated heterocycles. The molecule has 1 N–H and O–H groups in total. The van der Waals surface area contributed by atoms with Crippen LogP contribution in [-0.4, -0.2) is 32.0 Å². The predicted molar refractivity (Wildman–Crippen MR) is 105 cm³/mol. The van der Waals surface area contributed by atoms with Crippen LogP contribution in [0.15, 0.2) is 52.0 Å². The van der Waals surface area contributed by atoms with E-state index in [1.165, 1.54) is 7.11 Å². The van der Waals surface area contributed by atoms with E-state index < -0.39 is 12.1 Å². The van der Waals surface area contributed by atoms with Gasteiger partial charge in [0.1, 0.15) is 0 Å². The molecule has 0 aliphatic rings. The Balaban J connectivity index is 2.20. The number of esters is 1. The van der Waals surface area contributed by atoms with Crippen molar-refractivity contribution in [3.05, 3.63) is 52.5 Å². The number of para-hydroxylation sites is 1. The first kappa shape index (κ1) is 19.8. The number of rotatable bonds is 8. The highest BCUT2D eigenvalue weighted by Gasteiger charge is 2.20. The highest BCUT2D eigenvalue weighted by Crippen LogP contribution is 2.37. The molecule has 0 fully saturated rings. The van der Waals surface area contributed by atoms with Gasteiger partial charge in [0.2, 0.25) is 0 Å². The van der Waals surface area contributed by atoms with Gasteiger partial charge in [0, 0.05) is 0 Å². The van der Waals surface area contributed by atoms with Crippen molar-refractivity contribution in [3.63, 3.8) is 0 Å². The standard InChI is InChI=1S/C19H21BrN2O4/c1-4-25-17-11-14(12-21-22-15-8-6-5-7-9-15)10-16(20)18(17)26-13(2)19(23)24-3/h5-13,22H,4H2,1-3H3. The summed E-state index contributed by atoms with van der Waals surface area (Å²) in [6.07, 6.45) is 0.920. The first-order chi connectivity index (χ1) is 12.5. The summed E-state index contributed by atoms with van der Waals surface area (Å²) in [5, 5.41) is 4.22. The van der Waals surface area contributed by atoms with Crippen LogP contribution in [0.3, 0.4) is 0 Å². The molecule has 6 nitrogen and oxygen atoms in total. The minimum Gasteiger partial charge on any atom is -0.490 e. The van der Waals surface area contributed by atoms with Crippen molar-refractivity contribution in [1.29, 1.82) is 0 Å². The Morgan fingerprint density at radius 2 is 2.04 bits per heavy atom. The summed E-state index contributed by atoms with van der Waals surface area (Å²) < 4.78 is 16.7. The molecule has 7 heteroatoms. The monoisotopic (exact) mass is 420 g/mol. The van der Waals surface area contributed by atoms with E-state index in [-0.39, 0.29) is 0 Å². The number of nitrogens with one attached hydrogen (secondary N) is 1. The zero-order valence-electron chi connectivity index (χ0n) is 14.9. The summed E-state index contributed by atoms with van der Waals surface area (Å²) in [6, 6.07) is 13.3. The second kappa shape index (κ2) is 9.82. The summed E-state index contributed by atoms with van der Waals surface area (Å²) in [6.45, 7) is 3.95. The molecule has 1 atom stereocenters. The minimum absolute atomic E-state index is 0.443. The van der Waals surface area contributed by atoms with Crippen molar-refractivity contribution in [3.8, 4) is 11.5 Å². The second-order valence-corrected chi connectivity index (χ2v) is 6.14. The molecule has 0 aliphatic carbocycles. The van der Waals surface area contributed by atoms with Gasteiger partial charge in [-0.3, -0.25) is 5.43 Å². The molecule has 0 spiro atoms. The van der Waals surface area contributed by atoms with E-state index in [0.29, 0.717) is 22.6 Å². The average molecular weight is 421 g/mol. The number of hydrogen-bond donors (Lipinski definition) is 1. The van der Waals surface area contributed by atoms with Gasteiger partial charge in [0.15, 0.2) is 17.6 Å². The largest absolute Gasteiger partial charge is 0.490 e. The summed E-state index contributed by atoms with van der Waals surface area (Å²) in [5.41, 5.74) is 4.65. The van der Waals surface area contributed by atoms with Gasteiger partial charge in [-0.1, -0.05) is 18.2 Å². The van der Waals surface area contributed by atoms with E-state index in [4.69, 9.17) is 14.2 Å². The van der Waals surface area contributed by atoms with Crippen molar-refractivity contribution in [2.24, 2.45) is 5.10 Å². The number of halogens is 1. The van der Waals surface area contributed by atoms with Crippen molar-refractivity contribution in [1.82, 2.24) is 0 Å². The summed E-state index contributed by atoms with van der Waals surface area (Å²) in [5.74, 6) is 0.494. The number of anilines is 1. The van der Waals surface area contributed by atoms with E-state index in [2.05, 4.69) is 26.5 Å². The van der Waals surface area contributed by atoms with Crippen LogP contribution in [0.1, 0.15) is 19.4 Å². The highest BCUT2D eigenvalue weighted by molar-refractivity contribution is 9.10. The van der Waals surface area contributed by atoms with Crippen LogP contribution in [0.5, 0.6) is 11.5 Å². The van der Waals surface area contributed by atoms with Gasteiger partial charge in [-0.2, -0.15) is 5.10 Å². The van der Waals surface area contributed by atoms with Crippen molar-refractivity contribution in [2.75, 3.05) is 19.1 Å². The summed E-state index contributed by atoms with van der Waals surface area (Å²) in [7, 11) is 1.32. The lowest BCUT2D eigenvalue weighted by Crippen LogP contribution is -2.25. The summed E-state index contributed by atoms with van der Waals surface area (Å²) >= 11 is 3.47. The number of methoxy groups -OCH3 is 1. The first-order valence-electron chi connectivity index (χ1n) is 8.10. The number of carbonyl (C=O) groups is 1.